The van der Waals surface area contributed by atoms with Crippen molar-refractivity contribution in [2.24, 2.45) is 0 Å². The standard InChI is InChI=1S/C12H17BrN2O3S/c1-15-6-5-10(8-15)14-19(16,17)12-7-9(13)3-4-11(12)18-2/h3-4,7,10,14H,5-6,8H2,1-2H3. The Bertz CT molecular complexity index is 562. The first-order valence-corrected chi connectivity index (χ1v) is 8.24. The van der Waals surface area contributed by atoms with Gasteiger partial charge in [0.25, 0.3) is 0 Å². The van der Waals surface area contributed by atoms with Crippen molar-refractivity contribution in [3.05, 3.63) is 22.7 Å². The maximum Gasteiger partial charge on any atom is 0.244 e. The molecule has 1 aliphatic heterocycles. The van der Waals surface area contributed by atoms with Gasteiger partial charge in [-0.3, -0.25) is 0 Å². The lowest BCUT2D eigenvalue weighted by Crippen LogP contribution is -2.36. The van der Waals surface area contributed by atoms with E-state index >= 15 is 0 Å². The van der Waals surface area contributed by atoms with Gasteiger partial charge in [-0.25, -0.2) is 13.1 Å². The van der Waals surface area contributed by atoms with Crippen molar-refractivity contribution in [2.75, 3.05) is 27.2 Å². The van der Waals surface area contributed by atoms with Gasteiger partial charge in [-0.1, -0.05) is 15.9 Å². The zero-order chi connectivity index (χ0) is 14.0. The highest BCUT2D eigenvalue weighted by molar-refractivity contribution is 9.10. The zero-order valence-corrected chi connectivity index (χ0v) is 13.3. The van der Waals surface area contributed by atoms with Crippen LogP contribution in [0, 0.1) is 0 Å². The molecule has 0 aromatic heterocycles. The third kappa shape index (κ3) is 3.47. The second-order valence-electron chi connectivity index (χ2n) is 4.66. The first kappa shape index (κ1) is 14.8. The Morgan fingerprint density at radius 3 is 2.79 bits per heavy atom. The molecule has 1 atom stereocenters. The highest BCUT2D eigenvalue weighted by Crippen LogP contribution is 2.27. The molecule has 0 amide bonds. The Kier molecular flexibility index (Phi) is 4.50. The monoisotopic (exact) mass is 348 g/mol. The molecule has 1 aromatic carbocycles. The molecule has 1 saturated heterocycles. The topological polar surface area (TPSA) is 58.6 Å². The van der Waals surface area contributed by atoms with Crippen LogP contribution in [0.25, 0.3) is 0 Å². The molecule has 1 fully saturated rings. The number of likely N-dealkylation sites (N-methyl/N-ethyl adjacent to an activating group) is 1. The van der Waals surface area contributed by atoms with Crippen LogP contribution in [0.2, 0.25) is 0 Å². The minimum absolute atomic E-state index is 0.0429. The number of rotatable bonds is 4. The summed E-state index contributed by atoms with van der Waals surface area (Å²) in [6.07, 6.45) is 0.825. The number of nitrogens with one attached hydrogen (secondary N) is 1. The summed E-state index contributed by atoms with van der Waals surface area (Å²) < 4.78 is 33.4. The number of likely N-dealkylation sites (tertiary alicyclic amines) is 1. The number of hydrogen-bond acceptors (Lipinski definition) is 4. The van der Waals surface area contributed by atoms with Gasteiger partial charge in [-0.15, -0.1) is 0 Å². The van der Waals surface area contributed by atoms with E-state index in [9.17, 15) is 8.42 Å². The molecule has 0 radical (unpaired) electrons. The minimum atomic E-state index is -3.56. The van der Waals surface area contributed by atoms with Gasteiger partial charge in [-0.05, 0) is 38.2 Å². The number of hydrogen-bond donors (Lipinski definition) is 1. The lowest BCUT2D eigenvalue weighted by molar-refractivity contribution is 0.399. The van der Waals surface area contributed by atoms with E-state index in [4.69, 9.17) is 4.74 Å². The Morgan fingerprint density at radius 1 is 1.47 bits per heavy atom. The summed E-state index contributed by atoms with van der Waals surface area (Å²) in [6.45, 7) is 1.64. The van der Waals surface area contributed by atoms with E-state index in [0.29, 0.717) is 10.2 Å². The van der Waals surface area contributed by atoms with Crippen LogP contribution >= 0.6 is 15.9 Å². The van der Waals surface area contributed by atoms with Gasteiger partial charge in [0.2, 0.25) is 10.0 Å². The van der Waals surface area contributed by atoms with Crippen LogP contribution in [0.3, 0.4) is 0 Å². The van der Waals surface area contributed by atoms with E-state index in [1.807, 2.05) is 7.05 Å². The quantitative estimate of drug-likeness (QED) is 0.894. The maximum absolute atomic E-state index is 12.4. The molecule has 19 heavy (non-hydrogen) atoms. The Labute approximate surface area is 122 Å². The molecule has 106 valence electrons. The second kappa shape index (κ2) is 5.78. The first-order valence-electron chi connectivity index (χ1n) is 5.97. The third-order valence-electron chi connectivity index (χ3n) is 3.13. The van der Waals surface area contributed by atoms with Crippen molar-refractivity contribution in [3.8, 4) is 5.75 Å². The smallest absolute Gasteiger partial charge is 0.244 e. The van der Waals surface area contributed by atoms with Crippen LogP contribution < -0.4 is 9.46 Å². The summed E-state index contributed by atoms with van der Waals surface area (Å²) in [4.78, 5) is 2.27. The third-order valence-corrected chi connectivity index (χ3v) is 5.16. The van der Waals surface area contributed by atoms with E-state index in [-0.39, 0.29) is 10.9 Å². The van der Waals surface area contributed by atoms with E-state index in [1.54, 1.807) is 18.2 Å². The van der Waals surface area contributed by atoms with Crippen LogP contribution in [0.5, 0.6) is 5.75 Å². The van der Waals surface area contributed by atoms with Crippen LogP contribution in [-0.4, -0.2) is 46.6 Å². The van der Waals surface area contributed by atoms with Gasteiger partial charge in [0.05, 0.1) is 7.11 Å². The highest BCUT2D eigenvalue weighted by Gasteiger charge is 2.27. The van der Waals surface area contributed by atoms with Gasteiger partial charge in [0, 0.05) is 17.1 Å². The summed E-state index contributed by atoms with van der Waals surface area (Å²) in [5.74, 6) is 0.349. The molecule has 1 unspecified atom stereocenters. The predicted octanol–water partition coefficient (Wildman–Crippen LogP) is 1.44. The summed E-state index contributed by atoms with van der Waals surface area (Å²) in [5, 5.41) is 0. The Balaban J connectivity index is 2.26. The molecule has 0 spiro atoms. The summed E-state index contributed by atoms with van der Waals surface area (Å²) in [5.41, 5.74) is 0. The number of methoxy groups -OCH3 is 1. The van der Waals surface area contributed by atoms with E-state index in [0.717, 1.165) is 19.5 Å². The minimum Gasteiger partial charge on any atom is -0.495 e. The fourth-order valence-corrected chi connectivity index (χ4v) is 4.14. The van der Waals surface area contributed by atoms with Gasteiger partial charge in [0.15, 0.2) is 0 Å². The number of sulfonamides is 1. The van der Waals surface area contributed by atoms with Crippen molar-refractivity contribution < 1.29 is 13.2 Å². The van der Waals surface area contributed by atoms with Gasteiger partial charge in [0.1, 0.15) is 10.6 Å². The highest BCUT2D eigenvalue weighted by atomic mass is 79.9. The summed E-state index contributed by atoms with van der Waals surface area (Å²) in [7, 11) is -0.120. The molecule has 5 nitrogen and oxygen atoms in total. The number of nitrogens with zero attached hydrogens (tertiary/aromatic N) is 1. The molecule has 1 aliphatic rings. The average Bonchev–Trinajstić information content (AvgIpc) is 2.74. The van der Waals surface area contributed by atoms with E-state index in [2.05, 4.69) is 25.6 Å². The molecular weight excluding hydrogens is 332 g/mol. The van der Waals surface area contributed by atoms with Crippen LogP contribution in [0.4, 0.5) is 0 Å². The van der Waals surface area contributed by atoms with Crippen molar-refractivity contribution in [3.63, 3.8) is 0 Å². The van der Waals surface area contributed by atoms with Crippen molar-refractivity contribution in [2.45, 2.75) is 17.4 Å². The predicted molar refractivity (Wildman–Crippen MR) is 76.9 cm³/mol. The fourth-order valence-electron chi connectivity index (χ4n) is 2.17. The molecule has 0 bridgehead atoms. The van der Waals surface area contributed by atoms with E-state index < -0.39 is 10.0 Å². The molecule has 1 heterocycles. The molecule has 0 aliphatic carbocycles. The lowest BCUT2D eigenvalue weighted by Gasteiger charge is -2.15. The number of benzene rings is 1. The normalized spacial score (nSPS) is 20.7. The fraction of sp³-hybridized carbons (Fsp3) is 0.500. The summed E-state index contributed by atoms with van der Waals surface area (Å²) in [6, 6.07) is 4.90. The molecule has 1 aromatic rings. The summed E-state index contributed by atoms with van der Waals surface area (Å²) >= 11 is 3.28. The second-order valence-corrected chi connectivity index (χ2v) is 7.26. The van der Waals surface area contributed by atoms with Crippen LogP contribution in [-0.2, 0) is 10.0 Å². The molecule has 1 N–H and O–H groups in total. The molecule has 0 saturated carbocycles. The lowest BCUT2D eigenvalue weighted by atomic mass is 10.3. The van der Waals surface area contributed by atoms with Crippen LogP contribution in [0.1, 0.15) is 6.42 Å². The van der Waals surface area contributed by atoms with Crippen LogP contribution in [0.15, 0.2) is 27.6 Å². The molecule has 2 rings (SSSR count). The van der Waals surface area contributed by atoms with Gasteiger partial charge < -0.3 is 9.64 Å². The SMILES string of the molecule is COc1ccc(Br)cc1S(=O)(=O)NC1CCN(C)C1. The van der Waals surface area contributed by atoms with Crippen molar-refractivity contribution in [1.82, 2.24) is 9.62 Å². The largest absolute Gasteiger partial charge is 0.495 e. The number of ether oxygens (including phenoxy) is 1. The number of halogens is 1. The zero-order valence-electron chi connectivity index (χ0n) is 10.9. The molecule has 7 heteroatoms. The Hall–Kier alpha value is -0.630. The van der Waals surface area contributed by atoms with E-state index in [1.165, 1.54) is 7.11 Å². The van der Waals surface area contributed by atoms with Gasteiger partial charge in [-0.2, -0.15) is 0 Å². The van der Waals surface area contributed by atoms with Gasteiger partial charge >= 0.3 is 0 Å². The van der Waals surface area contributed by atoms with Crippen molar-refractivity contribution >= 4 is 26.0 Å². The Morgan fingerprint density at radius 2 is 2.21 bits per heavy atom. The first-order chi connectivity index (χ1) is 8.92. The average molecular weight is 349 g/mol. The molecular formula is C12H17BrN2O3S. The maximum atomic E-state index is 12.4. The van der Waals surface area contributed by atoms with Crippen molar-refractivity contribution in [1.29, 1.82) is 0 Å².